The number of nitrogens with zero attached hydrogens (tertiary/aromatic N) is 3. The fraction of sp³-hybridized carbons (Fsp3) is 0.0476. The van der Waals surface area contributed by atoms with Gasteiger partial charge in [-0.15, -0.1) is 11.3 Å². The molecule has 3 N–H and O–H groups in total. The average molecular weight is 452 g/mol. The van der Waals surface area contributed by atoms with Gasteiger partial charge in [-0.1, -0.05) is 12.1 Å². The van der Waals surface area contributed by atoms with Crippen molar-refractivity contribution in [1.29, 1.82) is 0 Å². The zero-order valence-electron chi connectivity index (χ0n) is 16.3. The van der Waals surface area contributed by atoms with Gasteiger partial charge < -0.3 is 10.3 Å². The van der Waals surface area contributed by atoms with E-state index >= 15 is 0 Å². The summed E-state index contributed by atoms with van der Waals surface area (Å²) in [6.07, 6.45) is 3.43. The number of hydrogen-bond acceptors (Lipinski definition) is 6. The minimum absolute atomic E-state index is 0.370. The van der Waals surface area contributed by atoms with Crippen LogP contribution in [0.25, 0.3) is 31.6 Å². The second-order valence-electron chi connectivity index (χ2n) is 6.94. The van der Waals surface area contributed by atoms with E-state index in [0.29, 0.717) is 5.69 Å². The third-order valence-electron chi connectivity index (χ3n) is 4.99. The zero-order chi connectivity index (χ0) is 21.6. The predicted octanol–water partition coefficient (Wildman–Crippen LogP) is 4.82. The molecule has 0 amide bonds. The van der Waals surface area contributed by atoms with Gasteiger partial charge in [0.25, 0.3) is 0 Å². The molecule has 0 saturated carbocycles. The van der Waals surface area contributed by atoms with E-state index in [1.54, 1.807) is 23.5 Å². The van der Waals surface area contributed by atoms with Crippen molar-refractivity contribution in [1.82, 2.24) is 15.0 Å². The number of anilines is 3. The first-order chi connectivity index (χ1) is 14.9. The van der Waals surface area contributed by atoms with Gasteiger partial charge in [0.1, 0.15) is 6.33 Å². The van der Waals surface area contributed by atoms with Gasteiger partial charge in [-0.3, -0.25) is 8.86 Å². The quantitative estimate of drug-likeness (QED) is 0.330. The molecule has 156 valence electrons. The third kappa shape index (κ3) is 3.72. The van der Waals surface area contributed by atoms with Crippen LogP contribution in [0.1, 0.15) is 0 Å². The van der Waals surface area contributed by atoms with Crippen LogP contribution in [0.3, 0.4) is 0 Å². The molecule has 0 atom stereocenters. The summed E-state index contributed by atoms with van der Waals surface area (Å²) in [6.45, 7) is 0. The maximum Gasteiger partial charge on any atom is 0.359 e. The minimum atomic E-state index is -4.29. The van der Waals surface area contributed by atoms with Crippen molar-refractivity contribution in [3.63, 3.8) is 0 Å². The molecule has 10 heteroatoms. The molecule has 5 aromatic rings. The van der Waals surface area contributed by atoms with Crippen LogP contribution in [0.2, 0.25) is 0 Å². The molecule has 3 aromatic heterocycles. The van der Waals surface area contributed by atoms with E-state index in [9.17, 15) is 13.0 Å². The molecular formula is C21H17N5O3S2. The van der Waals surface area contributed by atoms with Gasteiger partial charge in [0.15, 0.2) is 5.82 Å². The van der Waals surface area contributed by atoms with E-state index in [1.165, 1.54) is 13.4 Å². The fourth-order valence-electron chi connectivity index (χ4n) is 3.32. The van der Waals surface area contributed by atoms with E-state index < -0.39 is 10.3 Å². The van der Waals surface area contributed by atoms with E-state index in [1.807, 2.05) is 42.6 Å². The summed E-state index contributed by atoms with van der Waals surface area (Å²) in [7, 11) is -3.00. The number of aromatic nitrogens is 3. The summed E-state index contributed by atoms with van der Waals surface area (Å²) >= 11 is 1.55. The van der Waals surface area contributed by atoms with Crippen molar-refractivity contribution < 1.29 is 13.0 Å². The second-order valence-corrected chi connectivity index (χ2v) is 9.44. The lowest BCUT2D eigenvalue weighted by Gasteiger charge is -2.14. The van der Waals surface area contributed by atoms with E-state index in [4.69, 9.17) is 0 Å². The lowest BCUT2D eigenvalue weighted by Crippen LogP contribution is -2.25. The van der Waals surface area contributed by atoms with Gasteiger partial charge in [-0.2, -0.15) is 8.42 Å². The molecule has 8 nitrogen and oxygen atoms in total. The molecule has 0 bridgehead atoms. The number of aromatic amines is 1. The largest absolute Gasteiger partial charge is 0.361 e. The van der Waals surface area contributed by atoms with E-state index in [0.717, 1.165) is 47.4 Å². The Hall–Kier alpha value is -3.47. The second kappa shape index (κ2) is 7.34. The van der Waals surface area contributed by atoms with Crippen LogP contribution in [0.15, 0.2) is 67.1 Å². The summed E-state index contributed by atoms with van der Waals surface area (Å²) in [5.41, 5.74) is 4.10. The molecule has 0 aliphatic heterocycles. The van der Waals surface area contributed by atoms with Crippen molar-refractivity contribution in [3.8, 4) is 10.4 Å². The highest BCUT2D eigenvalue weighted by Gasteiger charge is 2.15. The van der Waals surface area contributed by atoms with Crippen LogP contribution < -0.4 is 9.62 Å². The number of benzene rings is 2. The SMILES string of the molecule is CN(c1ccc(-c2cc3ncnc(Nc4ccc5[nH]ccc5c4)c3s2)cc1)S(=O)(=O)O. The summed E-state index contributed by atoms with van der Waals surface area (Å²) in [6, 6.07) is 17.0. The zero-order valence-corrected chi connectivity index (χ0v) is 17.9. The monoisotopic (exact) mass is 451 g/mol. The molecule has 0 saturated heterocycles. The van der Waals surface area contributed by atoms with E-state index in [2.05, 4.69) is 26.3 Å². The number of fused-ring (bicyclic) bond motifs is 2. The fourth-order valence-corrected chi connectivity index (χ4v) is 4.77. The highest BCUT2D eigenvalue weighted by molar-refractivity contribution is 7.87. The number of nitrogens with one attached hydrogen (secondary N) is 2. The third-order valence-corrected chi connectivity index (χ3v) is 7.07. The topological polar surface area (TPSA) is 111 Å². The van der Waals surface area contributed by atoms with Crippen molar-refractivity contribution in [3.05, 3.63) is 67.1 Å². The first-order valence-electron chi connectivity index (χ1n) is 9.29. The van der Waals surface area contributed by atoms with E-state index in [-0.39, 0.29) is 0 Å². The maximum absolute atomic E-state index is 11.3. The van der Waals surface area contributed by atoms with Crippen LogP contribution in [0, 0.1) is 0 Å². The molecule has 2 aromatic carbocycles. The van der Waals surface area contributed by atoms with Crippen LogP contribution in [-0.2, 0) is 10.3 Å². The lowest BCUT2D eigenvalue weighted by molar-refractivity contribution is 0.481. The molecule has 31 heavy (non-hydrogen) atoms. The molecule has 3 heterocycles. The molecule has 0 fully saturated rings. The van der Waals surface area contributed by atoms with Crippen LogP contribution in [0.4, 0.5) is 17.2 Å². The highest BCUT2D eigenvalue weighted by Crippen LogP contribution is 2.37. The molecule has 0 unspecified atom stereocenters. The molecule has 5 rings (SSSR count). The Morgan fingerprint density at radius 3 is 2.65 bits per heavy atom. The van der Waals surface area contributed by atoms with Gasteiger partial charge in [0, 0.05) is 34.7 Å². The summed E-state index contributed by atoms with van der Waals surface area (Å²) in [5.74, 6) is 0.721. The summed E-state index contributed by atoms with van der Waals surface area (Å²) < 4.78 is 33.5. The Balaban J connectivity index is 1.48. The number of H-pyrrole nitrogens is 1. The first-order valence-corrected chi connectivity index (χ1v) is 11.5. The standard InChI is InChI=1S/C21H17N5O3S2/c1-26(31(27,28)29)16-5-2-13(3-6-16)19-11-18-20(30-19)21(24-12-23-18)25-15-4-7-17-14(10-15)8-9-22-17/h2-12,22H,1H3,(H,23,24,25)(H,27,28,29). The van der Waals surface area contributed by atoms with Crippen molar-refractivity contribution in [2.45, 2.75) is 0 Å². The van der Waals surface area contributed by atoms with Crippen LogP contribution in [0.5, 0.6) is 0 Å². The Labute approximate surface area is 182 Å². The first kappa shape index (κ1) is 19.5. The van der Waals surface area contributed by atoms with Crippen LogP contribution in [-0.4, -0.2) is 35.0 Å². The highest BCUT2D eigenvalue weighted by atomic mass is 32.2. The van der Waals surface area contributed by atoms with Gasteiger partial charge >= 0.3 is 10.3 Å². The van der Waals surface area contributed by atoms with Gasteiger partial charge in [-0.25, -0.2) is 9.97 Å². The number of rotatable bonds is 5. The minimum Gasteiger partial charge on any atom is -0.361 e. The number of thiophene rings is 1. The van der Waals surface area contributed by atoms with Crippen molar-refractivity contribution >= 4 is 60.0 Å². The van der Waals surface area contributed by atoms with Gasteiger partial charge in [-0.05, 0) is 48.0 Å². The predicted molar refractivity (Wildman–Crippen MR) is 124 cm³/mol. The smallest absolute Gasteiger partial charge is 0.359 e. The Kier molecular flexibility index (Phi) is 4.62. The molecular weight excluding hydrogens is 434 g/mol. The Morgan fingerprint density at radius 1 is 1.06 bits per heavy atom. The maximum atomic E-state index is 11.3. The normalized spacial score (nSPS) is 11.8. The molecule has 0 radical (unpaired) electrons. The molecule has 0 spiro atoms. The lowest BCUT2D eigenvalue weighted by atomic mass is 10.1. The summed E-state index contributed by atoms with van der Waals surface area (Å²) in [5, 5.41) is 4.49. The van der Waals surface area contributed by atoms with Crippen molar-refractivity contribution in [2.75, 3.05) is 16.7 Å². The van der Waals surface area contributed by atoms with Crippen molar-refractivity contribution in [2.24, 2.45) is 0 Å². The van der Waals surface area contributed by atoms with Crippen LogP contribution >= 0.6 is 11.3 Å². The van der Waals surface area contributed by atoms with Gasteiger partial charge in [0.2, 0.25) is 0 Å². The Morgan fingerprint density at radius 2 is 1.87 bits per heavy atom. The average Bonchev–Trinajstić information content (AvgIpc) is 3.40. The van der Waals surface area contributed by atoms with Gasteiger partial charge in [0.05, 0.1) is 15.9 Å². The molecule has 0 aliphatic carbocycles. The Bertz CT molecular complexity index is 1510. The number of hydrogen-bond donors (Lipinski definition) is 3. The molecule has 0 aliphatic rings. The summed E-state index contributed by atoms with van der Waals surface area (Å²) in [4.78, 5) is 13.0.